The summed E-state index contributed by atoms with van der Waals surface area (Å²) >= 11 is 0. The van der Waals surface area contributed by atoms with Crippen LogP contribution in [0.1, 0.15) is 6.42 Å². The van der Waals surface area contributed by atoms with Crippen molar-refractivity contribution in [2.24, 2.45) is 0 Å². The molecule has 0 fully saturated rings. The molecule has 0 aromatic carbocycles. The minimum Gasteiger partial charge on any atom is -0.235 e. The molecule has 0 aromatic heterocycles. The summed E-state index contributed by atoms with van der Waals surface area (Å²) in [4.78, 5) is 0. The molecule has 0 bridgehead atoms. The largest absolute Gasteiger partial charge is 0.235 e. The van der Waals surface area contributed by atoms with Gasteiger partial charge in [0.2, 0.25) is 0 Å². The summed E-state index contributed by atoms with van der Waals surface area (Å²) in [6, 6.07) is 1.92. The lowest BCUT2D eigenvalue weighted by molar-refractivity contribution is 0.529. The Morgan fingerprint density at radius 2 is 2.33 bits per heavy atom. The molecule has 0 saturated carbocycles. The van der Waals surface area contributed by atoms with Gasteiger partial charge in [-0.3, -0.25) is 0 Å². The Hall–Kier alpha value is -1.10. The van der Waals surface area contributed by atoms with Crippen LogP contribution in [0, 0.1) is 17.5 Å². The van der Waals surface area contributed by atoms with Crippen molar-refractivity contribution in [1.82, 2.24) is 0 Å². The van der Waals surface area contributed by atoms with E-state index in [0.29, 0.717) is 5.57 Å². The highest BCUT2D eigenvalue weighted by molar-refractivity contribution is 5.38. The fourth-order valence-corrected chi connectivity index (χ4v) is 0.607. The third-order valence-electron chi connectivity index (χ3n) is 1.09. The average molecular weight is 122 g/mol. The van der Waals surface area contributed by atoms with E-state index in [2.05, 4.69) is 0 Å². The van der Waals surface area contributed by atoms with Gasteiger partial charge in [0.05, 0.1) is 6.07 Å². The summed E-state index contributed by atoms with van der Waals surface area (Å²) in [6.45, 7) is 0. The zero-order chi connectivity index (χ0) is 6.69. The molecule has 45 valence electrons. The van der Waals surface area contributed by atoms with Crippen LogP contribution in [0.15, 0.2) is 23.8 Å². The Labute approximate surface area is 53.1 Å². The first-order valence-corrected chi connectivity index (χ1v) is 2.62. The van der Waals surface area contributed by atoms with Gasteiger partial charge in [-0.05, 0) is 12.2 Å². The van der Waals surface area contributed by atoms with Crippen molar-refractivity contribution in [3.05, 3.63) is 30.0 Å². The molecule has 1 aliphatic carbocycles. The molecule has 0 N–H and O–H groups in total. The van der Waals surface area contributed by atoms with Crippen molar-refractivity contribution < 1.29 is 4.39 Å². The summed E-state index contributed by atoms with van der Waals surface area (Å²) in [7, 11) is 0. The maximum absolute atomic E-state index is 12.2. The second-order valence-electron chi connectivity index (χ2n) is 1.76. The zero-order valence-corrected chi connectivity index (χ0v) is 4.76. The predicted octanol–water partition coefficient (Wildman–Crippen LogP) is 1.90. The van der Waals surface area contributed by atoms with Crippen LogP contribution in [0.5, 0.6) is 0 Å². The van der Waals surface area contributed by atoms with E-state index in [-0.39, 0.29) is 12.6 Å². The number of hydrogen-bond donors (Lipinski definition) is 0. The van der Waals surface area contributed by atoms with Crippen molar-refractivity contribution in [3.8, 4) is 6.07 Å². The highest BCUT2D eigenvalue weighted by atomic mass is 19.1. The maximum atomic E-state index is 12.2. The minimum atomic E-state index is -0.186. The van der Waals surface area contributed by atoms with Crippen LogP contribution in [0.4, 0.5) is 4.39 Å². The van der Waals surface area contributed by atoms with Crippen LogP contribution in [-0.4, -0.2) is 0 Å². The summed E-state index contributed by atoms with van der Waals surface area (Å²) in [5.74, 6) is 0. The lowest BCUT2D eigenvalue weighted by Crippen LogP contribution is -1.88. The number of halogens is 1. The van der Waals surface area contributed by atoms with Gasteiger partial charge in [-0.15, -0.1) is 0 Å². The third kappa shape index (κ3) is 1.39. The topological polar surface area (TPSA) is 23.8 Å². The first-order valence-electron chi connectivity index (χ1n) is 2.62. The van der Waals surface area contributed by atoms with E-state index in [4.69, 9.17) is 5.26 Å². The van der Waals surface area contributed by atoms with Crippen molar-refractivity contribution in [2.45, 2.75) is 6.42 Å². The molecule has 2 heteroatoms. The lowest BCUT2D eigenvalue weighted by atomic mass is 10.1. The molecule has 0 heterocycles. The Kier molecular flexibility index (Phi) is 1.64. The summed E-state index contributed by atoms with van der Waals surface area (Å²) < 4.78 is 12.2. The standard InChI is InChI=1S/C7H5FN/c8-7-3-1-6(5-9)2-4-7/h1-3H,4H2. The normalized spacial score (nSPS) is 18.9. The fourth-order valence-electron chi connectivity index (χ4n) is 0.607. The molecule has 0 aromatic rings. The molecule has 0 saturated heterocycles. The Morgan fingerprint density at radius 3 is 2.78 bits per heavy atom. The molecule has 9 heavy (non-hydrogen) atoms. The predicted molar refractivity (Wildman–Crippen MR) is 31.8 cm³/mol. The van der Waals surface area contributed by atoms with E-state index in [1.54, 1.807) is 6.08 Å². The minimum absolute atomic E-state index is 0.186. The Bertz CT molecular complexity index is 197. The van der Waals surface area contributed by atoms with Crippen molar-refractivity contribution in [3.63, 3.8) is 0 Å². The number of nitriles is 1. The van der Waals surface area contributed by atoms with Gasteiger partial charge in [0.1, 0.15) is 0 Å². The van der Waals surface area contributed by atoms with Crippen LogP contribution in [-0.2, 0) is 0 Å². The third-order valence-corrected chi connectivity index (χ3v) is 1.09. The molecular formula is C7H5FN. The molecular weight excluding hydrogens is 117 g/mol. The molecule has 1 nitrogen and oxygen atoms in total. The van der Waals surface area contributed by atoms with Gasteiger partial charge in [-0.1, -0.05) is 6.08 Å². The van der Waals surface area contributed by atoms with Gasteiger partial charge in [0.25, 0.3) is 0 Å². The smallest absolute Gasteiger partial charge is 0.170 e. The van der Waals surface area contributed by atoms with E-state index in [1.165, 1.54) is 12.2 Å². The number of nitrogens with zero attached hydrogens (tertiary/aromatic N) is 1. The monoisotopic (exact) mass is 122 g/mol. The van der Waals surface area contributed by atoms with E-state index < -0.39 is 0 Å². The molecule has 0 atom stereocenters. The van der Waals surface area contributed by atoms with Crippen LogP contribution in [0.25, 0.3) is 0 Å². The SMILES string of the molecule is N#CC1=CC[C](F)C=C1. The van der Waals surface area contributed by atoms with Crippen LogP contribution < -0.4 is 0 Å². The molecule has 0 unspecified atom stereocenters. The highest BCUT2D eigenvalue weighted by Gasteiger charge is 2.05. The first kappa shape index (κ1) is 6.03. The van der Waals surface area contributed by atoms with Gasteiger partial charge in [-0.2, -0.15) is 5.26 Å². The van der Waals surface area contributed by atoms with Gasteiger partial charge >= 0.3 is 0 Å². The maximum Gasteiger partial charge on any atom is 0.170 e. The van der Waals surface area contributed by atoms with E-state index in [9.17, 15) is 4.39 Å². The van der Waals surface area contributed by atoms with Gasteiger partial charge in [0, 0.05) is 12.0 Å². The molecule has 1 radical (unpaired) electrons. The molecule has 1 aliphatic rings. The quantitative estimate of drug-likeness (QED) is 0.481. The Balaban J connectivity index is 2.66. The second kappa shape index (κ2) is 2.45. The highest BCUT2D eigenvalue weighted by Crippen LogP contribution is 2.17. The molecule has 0 amide bonds. The number of rotatable bonds is 0. The van der Waals surface area contributed by atoms with Crippen molar-refractivity contribution >= 4 is 0 Å². The lowest BCUT2D eigenvalue weighted by Gasteiger charge is -2.00. The van der Waals surface area contributed by atoms with E-state index in [0.717, 1.165) is 0 Å². The first-order chi connectivity index (χ1) is 4.33. The Morgan fingerprint density at radius 1 is 1.56 bits per heavy atom. The summed E-state index contributed by atoms with van der Waals surface area (Å²) in [6.07, 6.45) is 4.43. The number of hydrogen-bond acceptors (Lipinski definition) is 1. The fraction of sp³-hybridized carbons (Fsp3) is 0.143. The van der Waals surface area contributed by atoms with Gasteiger partial charge < -0.3 is 0 Å². The van der Waals surface area contributed by atoms with Crippen LogP contribution >= 0.6 is 0 Å². The van der Waals surface area contributed by atoms with Gasteiger partial charge in [0.15, 0.2) is 6.17 Å². The summed E-state index contributed by atoms with van der Waals surface area (Å²) in [5, 5.41) is 8.28. The summed E-state index contributed by atoms with van der Waals surface area (Å²) in [5.41, 5.74) is 0.538. The zero-order valence-electron chi connectivity index (χ0n) is 4.76. The second-order valence-corrected chi connectivity index (χ2v) is 1.76. The van der Waals surface area contributed by atoms with Crippen LogP contribution in [0.2, 0.25) is 0 Å². The van der Waals surface area contributed by atoms with E-state index >= 15 is 0 Å². The molecule has 1 rings (SSSR count). The van der Waals surface area contributed by atoms with Crippen molar-refractivity contribution in [2.75, 3.05) is 0 Å². The average Bonchev–Trinajstić information content (AvgIpc) is 1.90. The number of allylic oxidation sites excluding steroid dienone is 4. The van der Waals surface area contributed by atoms with Crippen molar-refractivity contribution in [1.29, 1.82) is 5.26 Å². The van der Waals surface area contributed by atoms with E-state index in [1.807, 2.05) is 6.07 Å². The van der Waals surface area contributed by atoms with Gasteiger partial charge in [-0.25, -0.2) is 4.39 Å². The van der Waals surface area contributed by atoms with Crippen LogP contribution in [0.3, 0.4) is 0 Å². The molecule has 0 aliphatic heterocycles. The molecule has 0 spiro atoms.